The molecule has 114 valence electrons. The van der Waals surface area contributed by atoms with E-state index in [1.807, 2.05) is 6.07 Å². The lowest BCUT2D eigenvalue weighted by Crippen LogP contribution is -2.41. The van der Waals surface area contributed by atoms with E-state index in [4.69, 9.17) is 0 Å². The van der Waals surface area contributed by atoms with Gasteiger partial charge in [-0.1, -0.05) is 24.3 Å². The number of hydrogen-bond acceptors (Lipinski definition) is 2. The largest absolute Gasteiger partial charge is 0.325 e. The van der Waals surface area contributed by atoms with E-state index in [1.165, 1.54) is 32.0 Å². The number of halogens is 1. The maximum absolute atomic E-state index is 13.1. The van der Waals surface area contributed by atoms with Crippen molar-refractivity contribution in [1.29, 1.82) is 0 Å². The maximum Gasteiger partial charge on any atom is 0.239 e. The van der Waals surface area contributed by atoms with Crippen LogP contribution in [0.5, 0.6) is 0 Å². The monoisotopic (exact) mass is 300 g/mol. The number of amides is 2. The Morgan fingerprint density at radius 3 is 2.00 bits per heavy atom. The van der Waals surface area contributed by atoms with Crippen LogP contribution in [0.15, 0.2) is 54.6 Å². The van der Waals surface area contributed by atoms with E-state index in [2.05, 4.69) is 10.6 Å². The molecular weight excluding hydrogens is 283 g/mol. The smallest absolute Gasteiger partial charge is 0.239 e. The van der Waals surface area contributed by atoms with Crippen LogP contribution in [0.25, 0.3) is 0 Å². The van der Waals surface area contributed by atoms with Gasteiger partial charge in [-0.3, -0.25) is 9.59 Å². The second kappa shape index (κ2) is 6.39. The van der Waals surface area contributed by atoms with Gasteiger partial charge in [-0.25, -0.2) is 4.39 Å². The molecule has 5 heteroatoms. The lowest BCUT2D eigenvalue weighted by molar-refractivity contribution is -0.135. The first kappa shape index (κ1) is 15.7. The first-order valence-corrected chi connectivity index (χ1v) is 6.83. The van der Waals surface area contributed by atoms with Gasteiger partial charge in [-0.2, -0.15) is 0 Å². The molecule has 0 aromatic heterocycles. The number of rotatable bonds is 4. The molecule has 0 heterocycles. The van der Waals surface area contributed by atoms with Gasteiger partial charge in [-0.15, -0.1) is 0 Å². The van der Waals surface area contributed by atoms with E-state index >= 15 is 0 Å². The fourth-order valence-electron chi connectivity index (χ4n) is 1.77. The summed E-state index contributed by atoms with van der Waals surface area (Å²) >= 11 is 0. The molecule has 0 spiro atoms. The average molecular weight is 300 g/mol. The number of para-hydroxylation sites is 1. The fraction of sp³-hybridized carbons (Fsp3) is 0.176. The summed E-state index contributed by atoms with van der Waals surface area (Å²) in [6.45, 7) is 3.03. The third-order valence-corrected chi connectivity index (χ3v) is 3.25. The number of anilines is 2. The summed E-state index contributed by atoms with van der Waals surface area (Å²) in [5.74, 6) is -1.40. The quantitative estimate of drug-likeness (QED) is 0.850. The van der Waals surface area contributed by atoms with Gasteiger partial charge in [0.25, 0.3) is 0 Å². The van der Waals surface area contributed by atoms with Crippen LogP contribution in [-0.4, -0.2) is 11.8 Å². The van der Waals surface area contributed by atoms with Crippen molar-refractivity contribution in [3.8, 4) is 0 Å². The minimum Gasteiger partial charge on any atom is -0.325 e. The zero-order valence-electron chi connectivity index (χ0n) is 12.4. The second-order valence-corrected chi connectivity index (χ2v) is 5.41. The van der Waals surface area contributed by atoms with Gasteiger partial charge in [0, 0.05) is 11.4 Å². The summed E-state index contributed by atoms with van der Waals surface area (Å²) in [6, 6.07) is 14.4. The maximum atomic E-state index is 13.1. The molecule has 0 radical (unpaired) electrons. The molecule has 0 atom stereocenters. The molecule has 2 aromatic carbocycles. The van der Waals surface area contributed by atoms with Crippen LogP contribution >= 0.6 is 0 Å². The molecule has 0 aliphatic carbocycles. The lowest BCUT2D eigenvalue weighted by Gasteiger charge is -2.22. The normalized spacial score (nSPS) is 10.9. The predicted octanol–water partition coefficient (Wildman–Crippen LogP) is 3.43. The average Bonchev–Trinajstić information content (AvgIpc) is 2.48. The number of hydrogen-bond donors (Lipinski definition) is 2. The Kier molecular flexibility index (Phi) is 4.56. The molecule has 4 nitrogen and oxygen atoms in total. The molecular formula is C17H17FN2O2. The summed E-state index contributed by atoms with van der Waals surface area (Å²) < 4.78 is 13.1. The molecule has 2 rings (SSSR count). The van der Waals surface area contributed by atoms with Crippen molar-refractivity contribution in [1.82, 2.24) is 0 Å². The SMILES string of the molecule is CC(C)(C(=O)Nc1ccccc1)C(=O)Nc1cccc(F)c1. The number of benzene rings is 2. The van der Waals surface area contributed by atoms with E-state index in [1.54, 1.807) is 30.3 Å². The molecule has 2 N–H and O–H groups in total. The van der Waals surface area contributed by atoms with Crippen molar-refractivity contribution >= 4 is 23.2 Å². The zero-order chi connectivity index (χ0) is 16.2. The zero-order valence-corrected chi connectivity index (χ0v) is 12.4. The van der Waals surface area contributed by atoms with Crippen LogP contribution < -0.4 is 10.6 Å². The first-order valence-electron chi connectivity index (χ1n) is 6.83. The molecule has 0 aliphatic rings. The van der Waals surface area contributed by atoms with Crippen molar-refractivity contribution in [3.05, 3.63) is 60.4 Å². The summed E-state index contributed by atoms with van der Waals surface area (Å²) in [6.07, 6.45) is 0. The van der Waals surface area contributed by atoms with Crippen LogP contribution in [0.4, 0.5) is 15.8 Å². The summed E-state index contributed by atoms with van der Waals surface area (Å²) in [4.78, 5) is 24.6. The minimum atomic E-state index is -1.30. The number of nitrogens with one attached hydrogen (secondary N) is 2. The highest BCUT2D eigenvalue weighted by Crippen LogP contribution is 2.21. The Bertz CT molecular complexity index is 684. The van der Waals surface area contributed by atoms with Crippen LogP contribution in [0, 0.1) is 11.2 Å². The van der Waals surface area contributed by atoms with Crippen LogP contribution in [0.1, 0.15) is 13.8 Å². The molecule has 0 aliphatic heterocycles. The van der Waals surface area contributed by atoms with Crippen molar-refractivity contribution in [2.45, 2.75) is 13.8 Å². The Morgan fingerprint density at radius 2 is 1.41 bits per heavy atom. The Hall–Kier alpha value is -2.69. The van der Waals surface area contributed by atoms with Gasteiger partial charge >= 0.3 is 0 Å². The number of carbonyl (C=O) groups excluding carboxylic acids is 2. The van der Waals surface area contributed by atoms with Crippen molar-refractivity contribution < 1.29 is 14.0 Å². The lowest BCUT2D eigenvalue weighted by atomic mass is 9.90. The Balaban J connectivity index is 2.08. The molecule has 2 amide bonds. The standard InChI is InChI=1S/C17H17FN2O2/c1-17(2,15(21)19-13-8-4-3-5-9-13)16(22)20-14-10-6-7-12(18)11-14/h3-11H,1-2H3,(H,19,21)(H,20,22). The molecule has 0 unspecified atom stereocenters. The van der Waals surface area contributed by atoms with Crippen molar-refractivity contribution in [2.24, 2.45) is 5.41 Å². The summed E-state index contributed by atoms with van der Waals surface area (Å²) in [5, 5.41) is 5.24. The van der Waals surface area contributed by atoms with Gasteiger partial charge in [-0.05, 0) is 44.2 Å². The number of carbonyl (C=O) groups is 2. The highest BCUT2D eigenvalue weighted by Gasteiger charge is 2.36. The highest BCUT2D eigenvalue weighted by molar-refractivity contribution is 6.13. The van der Waals surface area contributed by atoms with Crippen molar-refractivity contribution in [2.75, 3.05) is 10.6 Å². The predicted molar refractivity (Wildman–Crippen MR) is 83.9 cm³/mol. The van der Waals surface area contributed by atoms with E-state index < -0.39 is 23.0 Å². The van der Waals surface area contributed by atoms with Crippen LogP contribution in [-0.2, 0) is 9.59 Å². The molecule has 0 saturated heterocycles. The molecule has 22 heavy (non-hydrogen) atoms. The van der Waals surface area contributed by atoms with Gasteiger partial charge < -0.3 is 10.6 Å². The van der Waals surface area contributed by atoms with E-state index in [-0.39, 0.29) is 0 Å². The fourth-order valence-corrected chi connectivity index (χ4v) is 1.77. The summed E-state index contributed by atoms with van der Waals surface area (Å²) in [5.41, 5.74) is -0.382. The third-order valence-electron chi connectivity index (χ3n) is 3.25. The Morgan fingerprint density at radius 1 is 0.864 bits per heavy atom. The van der Waals surface area contributed by atoms with Crippen molar-refractivity contribution in [3.63, 3.8) is 0 Å². The molecule has 0 bridgehead atoms. The molecule has 0 saturated carbocycles. The second-order valence-electron chi connectivity index (χ2n) is 5.41. The van der Waals surface area contributed by atoms with E-state index in [0.717, 1.165) is 0 Å². The highest BCUT2D eigenvalue weighted by atomic mass is 19.1. The van der Waals surface area contributed by atoms with E-state index in [9.17, 15) is 14.0 Å². The Labute approximate surface area is 128 Å². The van der Waals surface area contributed by atoms with Crippen LogP contribution in [0.2, 0.25) is 0 Å². The van der Waals surface area contributed by atoms with Crippen LogP contribution in [0.3, 0.4) is 0 Å². The summed E-state index contributed by atoms with van der Waals surface area (Å²) in [7, 11) is 0. The van der Waals surface area contributed by atoms with Gasteiger partial charge in [0.2, 0.25) is 11.8 Å². The van der Waals surface area contributed by atoms with Gasteiger partial charge in [0.1, 0.15) is 11.2 Å². The third kappa shape index (κ3) is 3.69. The topological polar surface area (TPSA) is 58.2 Å². The van der Waals surface area contributed by atoms with Gasteiger partial charge in [0.15, 0.2) is 0 Å². The minimum absolute atomic E-state index is 0.311. The van der Waals surface area contributed by atoms with E-state index in [0.29, 0.717) is 11.4 Å². The molecule has 2 aromatic rings. The molecule has 0 fully saturated rings. The first-order chi connectivity index (χ1) is 10.4. The van der Waals surface area contributed by atoms with Gasteiger partial charge in [0.05, 0.1) is 0 Å².